The molecule has 3 aromatic heterocycles. The number of hydrogen-bond donors (Lipinski definition) is 2. The fraction of sp³-hybridized carbons (Fsp3) is 0.355. The molecule has 5 rings (SSSR count). The first-order valence-corrected chi connectivity index (χ1v) is 15.1. The molecule has 0 unspecified atom stereocenters. The first-order valence-electron chi connectivity index (χ1n) is 13.9. The number of halogens is 1. The van der Waals surface area contributed by atoms with Crippen LogP contribution in [0.15, 0.2) is 54.7 Å². The molecule has 0 saturated carbocycles. The quantitative estimate of drug-likeness (QED) is 0.241. The second kappa shape index (κ2) is 12.1. The largest absolute Gasteiger partial charge is 0.474 e. The predicted octanol–water partition coefficient (Wildman–Crippen LogP) is 7.22. The third-order valence-electron chi connectivity index (χ3n) is 7.08. The van der Waals surface area contributed by atoms with Crippen LogP contribution in [0.5, 0.6) is 5.88 Å². The van der Waals surface area contributed by atoms with Crippen LogP contribution in [0.25, 0.3) is 5.69 Å². The molecule has 1 saturated heterocycles. The lowest BCUT2D eigenvalue weighted by Gasteiger charge is -2.32. The van der Waals surface area contributed by atoms with E-state index in [0.717, 1.165) is 22.5 Å². The number of nitrogens with one attached hydrogen (secondary N) is 2. The fourth-order valence-electron chi connectivity index (χ4n) is 4.67. The van der Waals surface area contributed by atoms with Crippen LogP contribution < -0.4 is 15.4 Å². The number of urea groups is 1. The summed E-state index contributed by atoms with van der Waals surface area (Å²) in [5, 5.41) is 10.6. The van der Waals surface area contributed by atoms with Crippen molar-refractivity contribution in [2.24, 2.45) is 0 Å². The van der Waals surface area contributed by atoms with Crippen molar-refractivity contribution in [3.8, 4) is 11.6 Å². The van der Waals surface area contributed by atoms with Crippen LogP contribution in [0.3, 0.4) is 0 Å². The van der Waals surface area contributed by atoms with Crippen LogP contribution in [0, 0.1) is 13.8 Å². The fourth-order valence-corrected chi connectivity index (χ4v) is 5.68. The summed E-state index contributed by atoms with van der Waals surface area (Å²) in [6, 6.07) is 14.8. The smallest absolute Gasteiger partial charge is 0.324 e. The number of amides is 3. The van der Waals surface area contributed by atoms with Crippen molar-refractivity contribution in [1.29, 1.82) is 0 Å². The lowest BCUT2D eigenvalue weighted by atomic mass is 9.92. The highest BCUT2D eigenvalue weighted by atomic mass is 35.5. The number of pyridine rings is 1. The molecule has 220 valence electrons. The van der Waals surface area contributed by atoms with E-state index in [1.165, 1.54) is 11.3 Å². The summed E-state index contributed by atoms with van der Waals surface area (Å²) in [5.41, 5.74) is 4.03. The molecule has 11 heteroatoms. The number of carbonyl (C=O) groups excluding carboxylic acids is 2. The number of aryl methyl sites for hydroxylation is 2. The maximum Gasteiger partial charge on any atom is 0.324 e. The number of benzene rings is 1. The second-order valence-corrected chi connectivity index (χ2v) is 13.3. The van der Waals surface area contributed by atoms with Crippen molar-refractivity contribution in [2.45, 2.75) is 59.0 Å². The molecule has 0 spiro atoms. The zero-order valence-corrected chi connectivity index (χ0v) is 26.0. The molecule has 0 aliphatic carbocycles. The van der Waals surface area contributed by atoms with Crippen molar-refractivity contribution in [2.75, 3.05) is 23.7 Å². The Bertz CT molecular complexity index is 1580. The first-order chi connectivity index (χ1) is 20.0. The Morgan fingerprint density at radius 1 is 1.02 bits per heavy atom. The van der Waals surface area contributed by atoms with Crippen LogP contribution in [-0.2, 0) is 5.41 Å². The molecule has 1 aliphatic heterocycles. The van der Waals surface area contributed by atoms with Gasteiger partial charge in [0.15, 0.2) is 0 Å². The summed E-state index contributed by atoms with van der Waals surface area (Å²) in [7, 11) is 0. The third kappa shape index (κ3) is 6.94. The minimum Gasteiger partial charge on any atom is -0.474 e. The summed E-state index contributed by atoms with van der Waals surface area (Å²) in [6.07, 6.45) is 2.95. The number of likely N-dealkylation sites (tertiary alicyclic amines) is 1. The van der Waals surface area contributed by atoms with Crippen molar-refractivity contribution < 1.29 is 14.3 Å². The number of thiophene rings is 1. The van der Waals surface area contributed by atoms with E-state index in [1.807, 2.05) is 55.1 Å². The molecule has 9 nitrogen and oxygen atoms in total. The van der Waals surface area contributed by atoms with Gasteiger partial charge in [0.1, 0.15) is 11.9 Å². The first kappa shape index (κ1) is 29.6. The summed E-state index contributed by atoms with van der Waals surface area (Å²) in [6.45, 7) is 11.4. The monoisotopic (exact) mass is 606 g/mol. The van der Waals surface area contributed by atoms with Crippen LogP contribution in [0.2, 0.25) is 4.34 Å². The molecule has 4 heterocycles. The van der Waals surface area contributed by atoms with Gasteiger partial charge in [-0.25, -0.2) is 14.5 Å². The lowest BCUT2D eigenvalue weighted by Crippen LogP contribution is -2.41. The molecule has 42 heavy (non-hydrogen) atoms. The van der Waals surface area contributed by atoms with Gasteiger partial charge in [-0.1, -0.05) is 50.1 Å². The molecule has 1 aromatic carbocycles. The maximum atomic E-state index is 13.0. The standard InChI is InChI=1S/C31H35ClN6O3S/c1-19-6-8-22(9-7-19)38-27(17-25(36-38)31(3,4)5)35-30(40)34-21-16-20(2)28(33-18-21)41-23-12-14-37(15-13-23)29(39)24-10-11-26(32)42-24/h6-11,16-18,23H,12-15H2,1-5H3,(H2,34,35,40). The molecule has 2 N–H and O–H groups in total. The molecule has 0 radical (unpaired) electrons. The zero-order valence-electron chi connectivity index (χ0n) is 24.4. The Morgan fingerprint density at radius 3 is 2.36 bits per heavy atom. The highest BCUT2D eigenvalue weighted by Gasteiger charge is 2.26. The number of rotatable bonds is 6. The number of hydrogen-bond acceptors (Lipinski definition) is 6. The van der Waals surface area contributed by atoms with Gasteiger partial charge in [0.2, 0.25) is 5.88 Å². The van der Waals surface area contributed by atoms with Gasteiger partial charge in [-0.3, -0.25) is 10.1 Å². The van der Waals surface area contributed by atoms with Gasteiger partial charge in [0.05, 0.1) is 32.5 Å². The topological polar surface area (TPSA) is 101 Å². The number of piperidine rings is 1. The Labute approximate surface area is 254 Å². The average molecular weight is 607 g/mol. The predicted molar refractivity (Wildman–Crippen MR) is 167 cm³/mol. The maximum absolute atomic E-state index is 13.0. The van der Waals surface area contributed by atoms with Crippen LogP contribution in [0.1, 0.15) is 60.1 Å². The Hall–Kier alpha value is -3.89. The van der Waals surface area contributed by atoms with Gasteiger partial charge < -0.3 is 15.0 Å². The van der Waals surface area contributed by atoms with Gasteiger partial charge in [-0.15, -0.1) is 11.3 Å². The summed E-state index contributed by atoms with van der Waals surface area (Å²) in [4.78, 5) is 32.7. The normalized spacial score (nSPS) is 14.1. The number of ether oxygens (including phenoxy) is 1. The molecule has 1 aliphatic rings. The van der Waals surface area contributed by atoms with Crippen LogP contribution in [0.4, 0.5) is 16.3 Å². The van der Waals surface area contributed by atoms with E-state index in [1.54, 1.807) is 23.0 Å². The Balaban J connectivity index is 1.20. The molecule has 0 bridgehead atoms. The van der Waals surface area contributed by atoms with Gasteiger partial charge >= 0.3 is 6.03 Å². The van der Waals surface area contributed by atoms with Gasteiger partial charge in [0, 0.05) is 43.0 Å². The van der Waals surface area contributed by atoms with Gasteiger partial charge in [0.25, 0.3) is 5.91 Å². The molecule has 3 amide bonds. The molecule has 0 atom stereocenters. The summed E-state index contributed by atoms with van der Waals surface area (Å²) in [5.74, 6) is 1.09. The van der Waals surface area contributed by atoms with E-state index in [-0.39, 0.29) is 17.4 Å². The zero-order chi connectivity index (χ0) is 30.0. The van der Waals surface area contributed by atoms with Gasteiger partial charge in [-0.05, 0) is 44.2 Å². The minimum absolute atomic E-state index is 0.00454. The SMILES string of the molecule is Cc1ccc(-n2nc(C(C)(C)C)cc2NC(=O)Nc2cnc(OC3CCN(C(=O)c4ccc(Cl)s4)CC3)c(C)c2)cc1. The van der Waals surface area contributed by atoms with E-state index in [2.05, 4.69) is 36.4 Å². The average Bonchev–Trinajstić information content (AvgIpc) is 3.57. The van der Waals surface area contributed by atoms with E-state index in [9.17, 15) is 9.59 Å². The van der Waals surface area contributed by atoms with E-state index < -0.39 is 6.03 Å². The minimum atomic E-state index is -0.400. The third-order valence-corrected chi connectivity index (χ3v) is 8.30. The van der Waals surface area contributed by atoms with Gasteiger partial charge in [-0.2, -0.15) is 5.10 Å². The van der Waals surface area contributed by atoms with E-state index >= 15 is 0 Å². The number of nitrogens with zero attached hydrogens (tertiary/aromatic N) is 4. The number of carbonyl (C=O) groups is 2. The van der Waals surface area contributed by atoms with Crippen molar-refractivity contribution >= 4 is 46.4 Å². The number of aromatic nitrogens is 3. The van der Waals surface area contributed by atoms with Crippen LogP contribution >= 0.6 is 22.9 Å². The molecule has 4 aromatic rings. The molecular weight excluding hydrogens is 572 g/mol. The van der Waals surface area contributed by atoms with Crippen LogP contribution in [-0.4, -0.2) is 50.8 Å². The van der Waals surface area contributed by atoms with Crippen molar-refractivity contribution in [3.05, 3.63) is 80.8 Å². The Morgan fingerprint density at radius 2 is 1.74 bits per heavy atom. The van der Waals surface area contributed by atoms with E-state index in [0.29, 0.717) is 52.5 Å². The number of anilines is 2. The molecule has 1 fully saturated rings. The summed E-state index contributed by atoms with van der Waals surface area (Å²) >= 11 is 7.28. The van der Waals surface area contributed by atoms with E-state index in [4.69, 9.17) is 21.4 Å². The second-order valence-electron chi connectivity index (χ2n) is 11.6. The highest BCUT2D eigenvalue weighted by Crippen LogP contribution is 2.28. The summed E-state index contributed by atoms with van der Waals surface area (Å²) < 4.78 is 8.53. The molecular formula is C31H35ClN6O3S. The van der Waals surface area contributed by atoms with Crippen molar-refractivity contribution in [1.82, 2.24) is 19.7 Å². The lowest BCUT2D eigenvalue weighted by molar-refractivity contribution is 0.0591. The van der Waals surface area contributed by atoms with Crippen molar-refractivity contribution in [3.63, 3.8) is 0 Å². The highest BCUT2D eigenvalue weighted by molar-refractivity contribution is 7.17. The Kier molecular flexibility index (Phi) is 8.56.